The Labute approximate surface area is 92.2 Å². The zero-order valence-electron chi connectivity index (χ0n) is 9.83. The maximum Gasteiger partial charge on any atom is 0.236 e. The first-order chi connectivity index (χ1) is 7.11. The molecule has 4 nitrogen and oxygen atoms in total. The van der Waals surface area contributed by atoms with Gasteiger partial charge < -0.3 is 16.0 Å². The van der Waals surface area contributed by atoms with Gasteiger partial charge in [0.05, 0.1) is 6.04 Å². The molecule has 0 spiro atoms. The lowest BCUT2D eigenvalue weighted by Gasteiger charge is -2.24. The molecule has 4 heteroatoms. The zero-order valence-corrected chi connectivity index (χ0v) is 9.83. The van der Waals surface area contributed by atoms with Gasteiger partial charge in [0.2, 0.25) is 5.91 Å². The van der Waals surface area contributed by atoms with Crippen LogP contribution in [0.25, 0.3) is 0 Å². The molecule has 3 N–H and O–H groups in total. The number of carbonyl (C=O) groups is 1. The first-order valence-corrected chi connectivity index (χ1v) is 5.85. The Morgan fingerprint density at radius 2 is 2.13 bits per heavy atom. The minimum atomic E-state index is -0.401. The Hall–Kier alpha value is -0.610. The lowest BCUT2D eigenvalue weighted by atomic mass is 10.2. The number of rotatable bonds is 5. The quantitative estimate of drug-likeness (QED) is 0.691. The van der Waals surface area contributed by atoms with E-state index in [1.807, 2.05) is 0 Å². The molecule has 1 rings (SSSR count). The number of amides is 1. The average molecular weight is 213 g/mol. The van der Waals surface area contributed by atoms with Gasteiger partial charge in [-0.2, -0.15) is 0 Å². The molecular formula is C11H23N3O. The van der Waals surface area contributed by atoms with Crippen LogP contribution in [-0.2, 0) is 4.79 Å². The predicted octanol–water partition coefficient (Wildman–Crippen LogP) is 0.324. The van der Waals surface area contributed by atoms with Gasteiger partial charge >= 0.3 is 0 Å². The van der Waals surface area contributed by atoms with Gasteiger partial charge in [-0.15, -0.1) is 0 Å². The summed E-state index contributed by atoms with van der Waals surface area (Å²) < 4.78 is 0. The van der Waals surface area contributed by atoms with Crippen molar-refractivity contribution in [3.05, 3.63) is 0 Å². The summed E-state index contributed by atoms with van der Waals surface area (Å²) in [6.45, 7) is 3.33. The molecule has 15 heavy (non-hydrogen) atoms. The minimum absolute atomic E-state index is 0.0604. The van der Waals surface area contributed by atoms with Gasteiger partial charge in [-0.1, -0.05) is 12.8 Å². The van der Waals surface area contributed by atoms with Crippen LogP contribution in [0.3, 0.4) is 0 Å². The highest BCUT2D eigenvalue weighted by atomic mass is 16.2. The molecule has 0 radical (unpaired) electrons. The molecule has 0 heterocycles. The zero-order chi connectivity index (χ0) is 11.3. The third-order valence-electron chi connectivity index (χ3n) is 3.13. The van der Waals surface area contributed by atoms with E-state index in [0.717, 1.165) is 12.6 Å². The molecule has 1 saturated carbocycles. The van der Waals surface area contributed by atoms with Crippen molar-refractivity contribution in [2.45, 2.75) is 44.7 Å². The summed E-state index contributed by atoms with van der Waals surface area (Å²) in [4.78, 5) is 13.5. The van der Waals surface area contributed by atoms with Crippen molar-refractivity contribution in [2.24, 2.45) is 5.73 Å². The first-order valence-electron chi connectivity index (χ1n) is 5.85. The van der Waals surface area contributed by atoms with E-state index >= 15 is 0 Å². The fraction of sp³-hybridized carbons (Fsp3) is 0.909. The summed E-state index contributed by atoms with van der Waals surface area (Å²) in [5.41, 5.74) is 5.45. The monoisotopic (exact) mass is 213 g/mol. The van der Waals surface area contributed by atoms with Gasteiger partial charge in [0.15, 0.2) is 0 Å². The van der Waals surface area contributed by atoms with E-state index in [9.17, 15) is 4.79 Å². The number of nitrogens with zero attached hydrogens (tertiary/aromatic N) is 1. The summed E-state index contributed by atoms with van der Waals surface area (Å²) in [6.07, 6.45) is 5.30. The van der Waals surface area contributed by atoms with Crippen LogP contribution in [0.15, 0.2) is 0 Å². The molecule has 0 aromatic carbocycles. The summed E-state index contributed by atoms with van der Waals surface area (Å²) in [7, 11) is 2.13. The van der Waals surface area contributed by atoms with E-state index in [0.29, 0.717) is 6.54 Å². The number of nitrogens with one attached hydrogen (secondary N) is 1. The Morgan fingerprint density at radius 3 is 2.67 bits per heavy atom. The van der Waals surface area contributed by atoms with Crippen LogP contribution in [0.4, 0.5) is 0 Å². The van der Waals surface area contributed by atoms with E-state index < -0.39 is 6.04 Å². The highest BCUT2D eigenvalue weighted by Gasteiger charge is 2.19. The van der Waals surface area contributed by atoms with Crippen molar-refractivity contribution < 1.29 is 4.79 Å². The maximum atomic E-state index is 11.2. The number of nitrogens with two attached hydrogens (primary N) is 1. The first kappa shape index (κ1) is 12.5. The van der Waals surface area contributed by atoms with Crippen LogP contribution < -0.4 is 11.1 Å². The summed E-state index contributed by atoms with van der Waals surface area (Å²) in [5, 5.41) is 2.83. The van der Waals surface area contributed by atoms with Crippen molar-refractivity contribution in [1.82, 2.24) is 10.2 Å². The van der Waals surface area contributed by atoms with Gasteiger partial charge in [-0.25, -0.2) is 0 Å². The van der Waals surface area contributed by atoms with Gasteiger partial charge in [0.1, 0.15) is 0 Å². The second-order valence-electron chi connectivity index (χ2n) is 4.50. The normalized spacial score (nSPS) is 19.5. The van der Waals surface area contributed by atoms with Crippen molar-refractivity contribution in [2.75, 3.05) is 20.1 Å². The Balaban J connectivity index is 2.11. The standard InChI is InChI=1S/C11H23N3O/c1-9(12)11(15)13-7-8-14(2)10-5-3-4-6-10/h9-10H,3-8,12H2,1-2H3,(H,13,15)/t9-/m1/s1. The van der Waals surface area contributed by atoms with E-state index in [1.165, 1.54) is 25.7 Å². The van der Waals surface area contributed by atoms with Crippen LogP contribution in [-0.4, -0.2) is 43.0 Å². The fourth-order valence-corrected chi connectivity index (χ4v) is 2.04. The molecule has 1 amide bonds. The van der Waals surface area contributed by atoms with Gasteiger partial charge in [0, 0.05) is 19.1 Å². The molecule has 0 aliphatic heterocycles. The summed E-state index contributed by atoms with van der Waals surface area (Å²) in [5.74, 6) is -0.0604. The van der Waals surface area contributed by atoms with Crippen molar-refractivity contribution in [3.8, 4) is 0 Å². The van der Waals surface area contributed by atoms with E-state index in [-0.39, 0.29) is 5.91 Å². The number of carbonyl (C=O) groups excluding carboxylic acids is 1. The van der Waals surface area contributed by atoms with Crippen LogP contribution in [0.1, 0.15) is 32.6 Å². The molecule has 88 valence electrons. The Bertz CT molecular complexity index is 200. The van der Waals surface area contributed by atoms with Gasteiger partial charge in [-0.3, -0.25) is 4.79 Å². The van der Waals surface area contributed by atoms with E-state index in [2.05, 4.69) is 17.3 Å². The topological polar surface area (TPSA) is 58.4 Å². The van der Waals surface area contributed by atoms with Gasteiger partial charge in [0.25, 0.3) is 0 Å². The molecule has 1 fully saturated rings. The van der Waals surface area contributed by atoms with Crippen LogP contribution >= 0.6 is 0 Å². The van der Waals surface area contributed by atoms with E-state index in [1.54, 1.807) is 6.92 Å². The van der Waals surface area contributed by atoms with Crippen LogP contribution in [0, 0.1) is 0 Å². The SMILES string of the molecule is C[C@@H](N)C(=O)NCCN(C)C1CCCC1. The van der Waals surface area contributed by atoms with Crippen LogP contribution in [0.5, 0.6) is 0 Å². The van der Waals surface area contributed by atoms with Crippen molar-refractivity contribution in [3.63, 3.8) is 0 Å². The predicted molar refractivity (Wildman–Crippen MR) is 61.5 cm³/mol. The molecule has 1 aliphatic rings. The Kier molecular flexibility index (Phi) is 5.05. The molecular weight excluding hydrogens is 190 g/mol. The fourth-order valence-electron chi connectivity index (χ4n) is 2.04. The highest BCUT2D eigenvalue weighted by molar-refractivity contribution is 5.80. The molecule has 0 saturated heterocycles. The highest BCUT2D eigenvalue weighted by Crippen LogP contribution is 2.21. The molecule has 1 atom stereocenters. The lowest BCUT2D eigenvalue weighted by Crippen LogP contribution is -2.42. The minimum Gasteiger partial charge on any atom is -0.353 e. The largest absolute Gasteiger partial charge is 0.353 e. The second kappa shape index (κ2) is 6.08. The number of hydrogen-bond donors (Lipinski definition) is 2. The summed E-state index contributed by atoms with van der Waals surface area (Å²) in [6, 6.07) is 0.319. The molecule has 1 aliphatic carbocycles. The molecule has 0 aromatic heterocycles. The number of hydrogen-bond acceptors (Lipinski definition) is 3. The smallest absolute Gasteiger partial charge is 0.236 e. The molecule has 0 bridgehead atoms. The number of likely N-dealkylation sites (N-methyl/N-ethyl adjacent to an activating group) is 1. The Morgan fingerprint density at radius 1 is 1.53 bits per heavy atom. The van der Waals surface area contributed by atoms with E-state index in [4.69, 9.17) is 5.73 Å². The third-order valence-corrected chi connectivity index (χ3v) is 3.13. The van der Waals surface area contributed by atoms with Crippen molar-refractivity contribution in [1.29, 1.82) is 0 Å². The van der Waals surface area contributed by atoms with Crippen LogP contribution in [0.2, 0.25) is 0 Å². The second-order valence-corrected chi connectivity index (χ2v) is 4.50. The maximum absolute atomic E-state index is 11.2. The summed E-state index contributed by atoms with van der Waals surface area (Å²) >= 11 is 0. The third kappa shape index (κ3) is 4.18. The molecule has 0 unspecified atom stereocenters. The lowest BCUT2D eigenvalue weighted by molar-refractivity contribution is -0.122. The van der Waals surface area contributed by atoms with Crippen molar-refractivity contribution >= 4 is 5.91 Å². The van der Waals surface area contributed by atoms with Gasteiger partial charge in [-0.05, 0) is 26.8 Å². The average Bonchev–Trinajstić information content (AvgIpc) is 2.70. The molecule has 0 aromatic rings.